The summed E-state index contributed by atoms with van der Waals surface area (Å²) in [5.74, 6) is 0.900. The van der Waals surface area contributed by atoms with Crippen molar-refractivity contribution in [3.63, 3.8) is 0 Å². The van der Waals surface area contributed by atoms with Gasteiger partial charge >= 0.3 is 0 Å². The van der Waals surface area contributed by atoms with Gasteiger partial charge in [-0.25, -0.2) is 0 Å². The first kappa shape index (κ1) is 11.8. The Balaban J connectivity index is 2.51. The zero-order chi connectivity index (χ0) is 12.4. The summed E-state index contributed by atoms with van der Waals surface area (Å²) in [6.45, 7) is 6.47. The van der Waals surface area contributed by atoms with Gasteiger partial charge in [-0.05, 0) is 43.5 Å². The van der Waals surface area contributed by atoms with E-state index in [1.54, 1.807) is 7.11 Å². The van der Waals surface area contributed by atoms with Gasteiger partial charge in [0.2, 0.25) is 0 Å². The van der Waals surface area contributed by atoms with E-state index in [1.165, 1.54) is 28.1 Å². The molecule has 0 bridgehead atoms. The third kappa shape index (κ3) is 2.07. The minimum Gasteiger partial charge on any atom is -0.497 e. The van der Waals surface area contributed by atoms with Crippen molar-refractivity contribution in [3.05, 3.63) is 41.2 Å². The third-order valence-corrected chi connectivity index (χ3v) is 3.24. The molecule has 2 nitrogen and oxygen atoms in total. The van der Waals surface area contributed by atoms with Crippen molar-refractivity contribution >= 4 is 0 Å². The molecule has 0 atom stereocenters. The number of benzene rings is 1. The molecule has 0 unspecified atom stereocenters. The number of hydrogen-bond acceptors (Lipinski definition) is 1. The number of rotatable bonds is 3. The molecule has 0 amide bonds. The van der Waals surface area contributed by atoms with Crippen molar-refractivity contribution in [1.29, 1.82) is 0 Å². The average molecular weight is 229 g/mol. The third-order valence-electron chi connectivity index (χ3n) is 3.24. The first-order chi connectivity index (χ1) is 8.17. The molecule has 0 radical (unpaired) electrons. The van der Waals surface area contributed by atoms with Crippen LogP contribution >= 0.6 is 0 Å². The maximum Gasteiger partial charge on any atom is 0.118 e. The van der Waals surface area contributed by atoms with Crippen LogP contribution in [0.2, 0.25) is 0 Å². The van der Waals surface area contributed by atoms with E-state index in [0.717, 1.165) is 12.2 Å². The molecule has 2 aromatic rings. The van der Waals surface area contributed by atoms with Gasteiger partial charge in [-0.15, -0.1) is 0 Å². The minimum atomic E-state index is 0.900. The average Bonchev–Trinajstić information content (AvgIpc) is 2.63. The zero-order valence-corrected chi connectivity index (χ0v) is 10.9. The number of hydrogen-bond donors (Lipinski definition) is 1. The molecule has 1 N–H and O–H groups in total. The summed E-state index contributed by atoms with van der Waals surface area (Å²) >= 11 is 0. The molecule has 2 heteroatoms. The van der Waals surface area contributed by atoms with Crippen molar-refractivity contribution in [2.24, 2.45) is 0 Å². The van der Waals surface area contributed by atoms with Gasteiger partial charge in [0.1, 0.15) is 5.75 Å². The van der Waals surface area contributed by atoms with Crippen LogP contribution in [0, 0.1) is 13.8 Å². The van der Waals surface area contributed by atoms with Gasteiger partial charge in [0, 0.05) is 17.0 Å². The van der Waals surface area contributed by atoms with E-state index in [2.05, 4.69) is 37.9 Å². The number of H-pyrrole nitrogens is 1. The fraction of sp³-hybridized carbons (Fsp3) is 0.333. The highest BCUT2D eigenvalue weighted by Gasteiger charge is 2.12. The molecule has 0 saturated heterocycles. The highest BCUT2D eigenvalue weighted by Crippen LogP contribution is 2.31. The Hall–Kier alpha value is -1.70. The van der Waals surface area contributed by atoms with Crippen LogP contribution in [0.5, 0.6) is 5.75 Å². The van der Waals surface area contributed by atoms with E-state index in [4.69, 9.17) is 4.74 Å². The van der Waals surface area contributed by atoms with E-state index < -0.39 is 0 Å². The lowest BCUT2D eigenvalue weighted by atomic mass is 9.99. The van der Waals surface area contributed by atoms with Crippen molar-refractivity contribution in [1.82, 2.24) is 4.98 Å². The highest BCUT2D eigenvalue weighted by molar-refractivity contribution is 5.72. The molecule has 90 valence electrons. The van der Waals surface area contributed by atoms with Crippen molar-refractivity contribution in [2.75, 3.05) is 7.11 Å². The molecule has 0 fully saturated rings. The van der Waals surface area contributed by atoms with Gasteiger partial charge in [0.15, 0.2) is 0 Å². The first-order valence-electron chi connectivity index (χ1n) is 5.99. The molecule has 1 heterocycles. The lowest BCUT2D eigenvalue weighted by Gasteiger charge is -2.06. The number of methoxy groups -OCH3 is 1. The molecule has 0 aliphatic rings. The molecular weight excluding hydrogens is 210 g/mol. The van der Waals surface area contributed by atoms with Crippen LogP contribution in [-0.4, -0.2) is 12.1 Å². The predicted molar refractivity (Wildman–Crippen MR) is 71.6 cm³/mol. The van der Waals surface area contributed by atoms with E-state index in [1.807, 2.05) is 12.1 Å². The Kier molecular flexibility index (Phi) is 3.23. The molecule has 1 aromatic carbocycles. The standard InChI is InChI=1S/C15H19NO/c1-5-14-10(2)16-11(3)15(14)12-6-8-13(17-4)9-7-12/h6-9,16H,5H2,1-4H3. The summed E-state index contributed by atoms with van der Waals surface area (Å²) < 4.78 is 5.19. The van der Waals surface area contributed by atoms with E-state index >= 15 is 0 Å². The normalized spacial score (nSPS) is 10.6. The van der Waals surface area contributed by atoms with Crippen LogP contribution < -0.4 is 4.74 Å². The Bertz CT molecular complexity index is 508. The highest BCUT2D eigenvalue weighted by atomic mass is 16.5. The number of nitrogens with one attached hydrogen (secondary N) is 1. The molecule has 1 aromatic heterocycles. The summed E-state index contributed by atoms with van der Waals surface area (Å²) in [7, 11) is 1.69. The Morgan fingerprint density at radius 2 is 1.71 bits per heavy atom. The van der Waals surface area contributed by atoms with E-state index in [-0.39, 0.29) is 0 Å². The van der Waals surface area contributed by atoms with Crippen LogP contribution in [-0.2, 0) is 6.42 Å². The zero-order valence-electron chi connectivity index (χ0n) is 10.9. The summed E-state index contributed by atoms with van der Waals surface area (Å²) in [4.78, 5) is 3.42. The maximum absolute atomic E-state index is 5.19. The second kappa shape index (κ2) is 4.66. The fourth-order valence-corrected chi connectivity index (χ4v) is 2.42. The van der Waals surface area contributed by atoms with Gasteiger partial charge in [-0.2, -0.15) is 0 Å². The van der Waals surface area contributed by atoms with Crippen LogP contribution in [0.3, 0.4) is 0 Å². The van der Waals surface area contributed by atoms with Crippen molar-refractivity contribution in [3.8, 4) is 16.9 Å². The van der Waals surface area contributed by atoms with Gasteiger partial charge in [-0.1, -0.05) is 19.1 Å². The van der Waals surface area contributed by atoms with Gasteiger partial charge in [0.25, 0.3) is 0 Å². The second-order valence-electron chi connectivity index (χ2n) is 4.31. The SMILES string of the molecule is CCc1c(C)[nH]c(C)c1-c1ccc(OC)cc1. The molecule has 0 aliphatic carbocycles. The Morgan fingerprint density at radius 1 is 1.06 bits per heavy atom. The molecule has 0 saturated carbocycles. The summed E-state index contributed by atoms with van der Waals surface area (Å²) in [5, 5.41) is 0. The minimum absolute atomic E-state index is 0.900. The van der Waals surface area contributed by atoms with Crippen LogP contribution in [0.15, 0.2) is 24.3 Å². The lowest BCUT2D eigenvalue weighted by Crippen LogP contribution is -1.87. The lowest BCUT2D eigenvalue weighted by molar-refractivity contribution is 0.415. The van der Waals surface area contributed by atoms with Crippen molar-refractivity contribution in [2.45, 2.75) is 27.2 Å². The Labute approximate surface area is 103 Å². The largest absolute Gasteiger partial charge is 0.497 e. The molecule has 17 heavy (non-hydrogen) atoms. The summed E-state index contributed by atoms with van der Waals surface area (Å²) in [6.07, 6.45) is 1.05. The number of aryl methyl sites for hydroxylation is 2. The number of aromatic amines is 1. The Morgan fingerprint density at radius 3 is 2.24 bits per heavy atom. The topological polar surface area (TPSA) is 25.0 Å². The predicted octanol–water partition coefficient (Wildman–Crippen LogP) is 3.87. The second-order valence-corrected chi connectivity index (χ2v) is 4.31. The first-order valence-corrected chi connectivity index (χ1v) is 5.99. The van der Waals surface area contributed by atoms with Gasteiger partial charge in [0.05, 0.1) is 7.11 Å². The van der Waals surface area contributed by atoms with Crippen LogP contribution in [0.25, 0.3) is 11.1 Å². The van der Waals surface area contributed by atoms with Crippen LogP contribution in [0.4, 0.5) is 0 Å². The van der Waals surface area contributed by atoms with Gasteiger partial charge in [-0.3, -0.25) is 0 Å². The fourth-order valence-electron chi connectivity index (χ4n) is 2.42. The van der Waals surface area contributed by atoms with Crippen molar-refractivity contribution < 1.29 is 4.74 Å². The number of aromatic nitrogens is 1. The molecular formula is C15H19NO. The smallest absolute Gasteiger partial charge is 0.118 e. The van der Waals surface area contributed by atoms with E-state index in [9.17, 15) is 0 Å². The molecule has 2 rings (SSSR count). The summed E-state index contributed by atoms with van der Waals surface area (Å²) in [5.41, 5.74) is 6.52. The van der Waals surface area contributed by atoms with Crippen LogP contribution in [0.1, 0.15) is 23.9 Å². The maximum atomic E-state index is 5.19. The quantitative estimate of drug-likeness (QED) is 0.849. The molecule has 0 aliphatic heterocycles. The monoisotopic (exact) mass is 229 g/mol. The summed E-state index contributed by atoms with van der Waals surface area (Å²) in [6, 6.07) is 8.26. The van der Waals surface area contributed by atoms with Gasteiger partial charge < -0.3 is 9.72 Å². The van der Waals surface area contributed by atoms with E-state index in [0.29, 0.717) is 0 Å². The number of ether oxygens (including phenoxy) is 1. The molecule has 0 spiro atoms.